The van der Waals surface area contributed by atoms with Crippen LogP contribution in [0.2, 0.25) is 0 Å². The summed E-state index contributed by atoms with van der Waals surface area (Å²) in [5.74, 6) is -0.502. The zero-order valence-corrected chi connectivity index (χ0v) is 15.1. The lowest BCUT2D eigenvalue weighted by Gasteiger charge is -2.12. The maximum Gasteiger partial charge on any atom is 0.294 e. The third-order valence-electron chi connectivity index (χ3n) is 3.98. The molecule has 0 atom stereocenters. The normalized spacial score (nSPS) is 16.8. The Hall–Kier alpha value is -3.33. The summed E-state index contributed by atoms with van der Waals surface area (Å²) >= 11 is 0.707. The summed E-state index contributed by atoms with van der Waals surface area (Å²) in [5, 5.41) is 2.05. The van der Waals surface area contributed by atoms with Crippen LogP contribution in [-0.4, -0.2) is 35.3 Å². The Bertz CT molecular complexity index is 1020. The Morgan fingerprint density at radius 1 is 1.18 bits per heavy atom. The topological polar surface area (TPSA) is 84.9 Å². The van der Waals surface area contributed by atoms with E-state index in [-0.39, 0.29) is 11.7 Å². The second-order valence-corrected chi connectivity index (χ2v) is 6.93. The number of rotatable bonds is 4. The molecule has 0 unspecified atom stereocenters. The fourth-order valence-corrected chi connectivity index (χ4v) is 3.54. The highest BCUT2D eigenvalue weighted by molar-refractivity contribution is 8.18. The molecular formula is C19H13FN2O5S. The van der Waals surface area contributed by atoms with Gasteiger partial charge in [0.15, 0.2) is 11.5 Å². The van der Waals surface area contributed by atoms with Gasteiger partial charge in [-0.3, -0.25) is 19.3 Å². The van der Waals surface area contributed by atoms with Crippen LogP contribution in [0, 0.1) is 5.82 Å². The molecule has 2 aliphatic heterocycles. The Morgan fingerprint density at radius 3 is 2.82 bits per heavy atom. The van der Waals surface area contributed by atoms with Crippen molar-refractivity contribution >= 4 is 40.6 Å². The highest BCUT2D eigenvalue weighted by Crippen LogP contribution is 2.35. The van der Waals surface area contributed by atoms with Crippen LogP contribution < -0.4 is 14.8 Å². The number of ether oxygens (including phenoxy) is 2. The number of nitrogens with one attached hydrogen (secondary N) is 1. The summed E-state index contributed by atoms with van der Waals surface area (Å²) in [6, 6.07) is 10.5. The van der Waals surface area contributed by atoms with Crippen LogP contribution in [0.1, 0.15) is 5.56 Å². The van der Waals surface area contributed by atoms with Crippen LogP contribution >= 0.6 is 11.8 Å². The van der Waals surface area contributed by atoms with Gasteiger partial charge in [0.2, 0.25) is 12.7 Å². The number of hydrogen-bond acceptors (Lipinski definition) is 6. The summed E-state index contributed by atoms with van der Waals surface area (Å²) in [6.07, 6.45) is 1.42. The maximum absolute atomic E-state index is 13.3. The molecule has 0 radical (unpaired) electrons. The number of benzene rings is 2. The predicted octanol–water partition coefficient (Wildman–Crippen LogP) is 3.23. The van der Waals surface area contributed by atoms with E-state index >= 15 is 0 Å². The lowest BCUT2D eigenvalue weighted by atomic mass is 10.2. The van der Waals surface area contributed by atoms with Gasteiger partial charge in [0, 0.05) is 11.8 Å². The maximum atomic E-state index is 13.3. The number of amides is 3. The molecule has 4 rings (SSSR count). The van der Waals surface area contributed by atoms with Crippen molar-refractivity contribution in [1.82, 2.24) is 4.90 Å². The fourth-order valence-electron chi connectivity index (χ4n) is 2.70. The monoisotopic (exact) mass is 400 g/mol. The highest BCUT2D eigenvalue weighted by Gasteiger charge is 2.36. The fraction of sp³-hybridized carbons (Fsp3) is 0.105. The van der Waals surface area contributed by atoms with E-state index in [4.69, 9.17) is 9.47 Å². The summed E-state index contributed by atoms with van der Waals surface area (Å²) < 4.78 is 23.7. The Labute approximate surface area is 163 Å². The van der Waals surface area contributed by atoms with Crippen molar-refractivity contribution in [3.63, 3.8) is 0 Å². The average Bonchev–Trinajstić information content (AvgIpc) is 3.21. The van der Waals surface area contributed by atoms with Crippen molar-refractivity contribution in [2.45, 2.75) is 0 Å². The van der Waals surface area contributed by atoms with E-state index in [1.54, 1.807) is 24.3 Å². The van der Waals surface area contributed by atoms with Crippen LogP contribution in [0.5, 0.6) is 11.5 Å². The molecule has 1 fully saturated rings. The first-order valence-electron chi connectivity index (χ1n) is 8.20. The summed E-state index contributed by atoms with van der Waals surface area (Å²) in [5.41, 5.74) is 0.909. The number of fused-ring (bicyclic) bond motifs is 1. The molecule has 0 aromatic heterocycles. The number of halogens is 1. The van der Waals surface area contributed by atoms with Gasteiger partial charge in [-0.25, -0.2) is 4.39 Å². The summed E-state index contributed by atoms with van der Waals surface area (Å²) in [7, 11) is 0. The molecule has 142 valence electrons. The molecule has 0 bridgehead atoms. The van der Waals surface area contributed by atoms with Crippen LogP contribution in [-0.2, 0) is 9.59 Å². The first-order chi connectivity index (χ1) is 13.5. The quantitative estimate of drug-likeness (QED) is 0.794. The standard InChI is InChI=1S/C19H13FN2O5S/c20-12-3-1-2-11(6-12)7-16-18(24)22(19(25)28-16)9-17(23)21-13-4-5-14-15(8-13)27-10-26-14/h1-8H,9-10H2,(H,21,23)/b16-7+. The minimum absolute atomic E-state index is 0.112. The number of hydrogen-bond donors (Lipinski definition) is 1. The molecule has 3 amide bonds. The van der Waals surface area contributed by atoms with E-state index in [2.05, 4.69) is 5.32 Å². The van der Waals surface area contributed by atoms with E-state index in [0.29, 0.717) is 34.5 Å². The average molecular weight is 400 g/mol. The van der Waals surface area contributed by atoms with Crippen molar-refractivity contribution < 1.29 is 28.2 Å². The second-order valence-electron chi connectivity index (χ2n) is 5.94. The van der Waals surface area contributed by atoms with Gasteiger partial charge < -0.3 is 14.8 Å². The van der Waals surface area contributed by atoms with Crippen molar-refractivity contribution in [1.29, 1.82) is 0 Å². The molecule has 28 heavy (non-hydrogen) atoms. The molecule has 2 aliphatic rings. The highest BCUT2D eigenvalue weighted by atomic mass is 32.2. The smallest absolute Gasteiger partial charge is 0.294 e. The molecule has 7 nitrogen and oxygen atoms in total. The molecule has 9 heteroatoms. The number of thioether (sulfide) groups is 1. The van der Waals surface area contributed by atoms with Crippen LogP contribution in [0.3, 0.4) is 0 Å². The van der Waals surface area contributed by atoms with Crippen LogP contribution in [0.15, 0.2) is 47.4 Å². The molecule has 0 saturated carbocycles. The number of carbonyl (C=O) groups is 3. The molecule has 2 aromatic rings. The SMILES string of the molecule is O=C(CN1C(=O)S/C(=C/c2cccc(F)c2)C1=O)Nc1ccc2c(c1)OCO2. The summed E-state index contributed by atoms with van der Waals surface area (Å²) in [4.78, 5) is 37.8. The van der Waals surface area contributed by atoms with E-state index in [0.717, 1.165) is 4.90 Å². The third kappa shape index (κ3) is 3.70. The van der Waals surface area contributed by atoms with Gasteiger partial charge in [0.25, 0.3) is 11.1 Å². The van der Waals surface area contributed by atoms with Gasteiger partial charge >= 0.3 is 0 Å². The van der Waals surface area contributed by atoms with Gasteiger partial charge in [0.05, 0.1) is 4.91 Å². The van der Waals surface area contributed by atoms with Gasteiger partial charge in [-0.2, -0.15) is 0 Å². The molecule has 0 spiro atoms. The van der Waals surface area contributed by atoms with Crippen molar-refractivity contribution in [2.24, 2.45) is 0 Å². The molecule has 1 saturated heterocycles. The first kappa shape index (κ1) is 18.1. The molecular weight excluding hydrogens is 387 g/mol. The zero-order valence-electron chi connectivity index (χ0n) is 14.3. The first-order valence-corrected chi connectivity index (χ1v) is 9.02. The van der Waals surface area contributed by atoms with Crippen molar-refractivity contribution in [3.8, 4) is 11.5 Å². The van der Waals surface area contributed by atoms with Crippen LogP contribution in [0.4, 0.5) is 14.9 Å². The van der Waals surface area contributed by atoms with Gasteiger partial charge in [-0.15, -0.1) is 0 Å². The molecule has 0 aliphatic carbocycles. The Balaban J connectivity index is 1.43. The third-order valence-corrected chi connectivity index (χ3v) is 4.89. The van der Waals surface area contributed by atoms with Gasteiger partial charge in [-0.1, -0.05) is 12.1 Å². The number of nitrogens with zero attached hydrogens (tertiary/aromatic N) is 1. The van der Waals surface area contributed by atoms with E-state index in [1.165, 1.54) is 24.3 Å². The Kier molecular flexibility index (Phi) is 4.74. The molecule has 2 aromatic carbocycles. The minimum Gasteiger partial charge on any atom is -0.454 e. The zero-order chi connectivity index (χ0) is 19.7. The minimum atomic E-state index is -0.597. The van der Waals surface area contributed by atoms with E-state index < -0.39 is 29.4 Å². The lowest BCUT2D eigenvalue weighted by Crippen LogP contribution is -2.36. The lowest BCUT2D eigenvalue weighted by molar-refractivity contribution is -0.127. The largest absolute Gasteiger partial charge is 0.454 e. The predicted molar refractivity (Wildman–Crippen MR) is 100 cm³/mol. The molecule has 2 heterocycles. The van der Waals surface area contributed by atoms with Crippen molar-refractivity contribution in [2.75, 3.05) is 18.7 Å². The van der Waals surface area contributed by atoms with Gasteiger partial charge in [-0.05, 0) is 47.7 Å². The number of imide groups is 1. The Morgan fingerprint density at radius 2 is 2.00 bits per heavy atom. The van der Waals surface area contributed by atoms with E-state index in [9.17, 15) is 18.8 Å². The molecule has 1 N–H and O–H groups in total. The van der Waals surface area contributed by atoms with Crippen LogP contribution in [0.25, 0.3) is 6.08 Å². The van der Waals surface area contributed by atoms with E-state index in [1.807, 2.05) is 0 Å². The number of carbonyl (C=O) groups excluding carboxylic acids is 3. The van der Waals surface area contributed by atoms with Gasteiger partial charge in [0.1, 0.15) is 12.4 Å². The number of anilines is 1. The van der Waals surface area contributed by atoms with Crippen molar-refractivity contribution in [3.05, 3.63) is 58.8 Å². The summed E-state index contributed by atoms with van der Waals surface area (Å²) in [6.45, 7) is -0.319. The second kappa shape index (κ2) is 7.35.